The highest BCUT2D eigenvalue weighted by Crippen LogP contribution is 2.29. The van der Waals surface area contributed by atoms with Crippen LogP contribution in [0.3, 0.4) is 0 Å². The third-order valence-electron chi connectivity index (χ3n) is 6.41. The summed E-state index contributed by atoms with van der Waals surface area (Å²) < 4.78 is 1.77. The fourth-order valence-electron chi connectivity index (χ4n) is 4.62. The minimum Gasteiger partial charge on any atom is -0.393 e. The fourth-order valence-corrected chi connectivity index (χ4v) is 4.62. The van der Waals surface area contributed by atoms with Gasteiger partial charge in [-0.05, 0) is 41.7 Å². The van der Waals surface area contributed by atoms with Crippen LogP contribution in [-0.2, 0) is 13.1 Å². The van der Waals surface area contributed by atoms with Gasteiger partial charge in [0.2, 0.25) is 0 Å². The van der Waals surface area contributed by atoms with Gasteiger partial charge in [-0.3, -0.25) is 4.90 Å². The van der Waals surface area contributed by atoms with Gasteiger partial charge >= 0.3 is 5.82 Å². The molecule has 1 saturated carbocycles. The van der Waals surface area contributed by atoms with E-state index in [0.29, 0.717) is 0 Å². The lowest BCUT2D eigenvalue weighted by Crippen LogP contribution is -2.39. The molecule has 0 amide bonds. The molecule has 0 bridgehead atoms. The lowest BCUT2D eigenvalue weighted by Gasteiger charge is -2.31. The number of rotatable bonds is 7. The number of benzene rings is 1. The van der Waals surface area contributed by atoms with Gasteiger partial charge in [0.15, 0.2) is 0 Å². The quantitative estimate of drug-likeness (QED) is 0.535. The number of likely N-dealkylation sites (tertiary alicyclic amines) is 1. The molecule has 8 heteroatoms. The van der Waals surface area contributed by atoms with Crippen LogP contribution in [0, 0.1) is 10.1 Å². The van der Waals surface area contributed by atoms with E-state index in [1.54, 1.807) is 10.9 Å². The van der Waals surface area contributed by atoms with E-state index in [0.717, 1.165) is 58.3 Å². The first-order valence-electron chi connectivity index (χ1n) is 11.0. The third-order valence-corrected chi connectivity index (χ3v) is 6.41. The van der Waals surface area contributed by atoms with Gasteiger partial charge in [-0.25, -0.2) is 0 Å². The highest BCUT2D eigenvalue weighted by Gasteiger charge is 2.29. The van der Waals surface area contributed by atoms with Gasteiger partial charge in [-0.1, -0.05) is 37.1 Å². The minimum atomic E-state index is -0.435. The Morgan fingerprint density at radius 2 is 1.77 bits per heavy atom. The number of piperidine rings is 1. The molecular formula is C22H31N5O3. The molecule has 4 rings (SSSR count). The Labute approximate surface area is 177 Å². The van der Waals surface area contributed by atoms with E-state index in [2.05, 4.69) is 39.6 Å². The van der Waals surface area contributed by atoms with E-state index in [9.17, 15) is 15.2 Å². The summed E-state index contributed by atoms with van der Waals surface area (Å²) >= 11 is 0. The van der Waals surface area contributed by atoms with Crippen LogP contribution in [0.5, 0.6) is 0 Å². The van der Waals surface area contributed by atoms with Crippen LogP contribution in [0.2, 0.25) is 0 Å². The molecule has 1 aromatic carbocycles. The van der Waals surface area contributed by atoms with Crippen LogP contribution in [0.4, 0.5) is 5.82 Å². The molecule has 1 aliphatic heterocycles. The topological polar surface area (TPSA) is 96.5 Å². The van der Waals surface area contributed by atoms with Crippen molar-refractivity contribution in [1.82, 2.24) is 20.0 Å². The normalized spacial score (nSPS) is 23.5. The van der Waals surface area contributed by atoms with Crippen molar-refractivity contribution in [3.8, 4) is 0 Å². The van der Waals surface area contributed by atoms with Gasteiger partial charge in [0, 0.05) is 32.2 Å². The van der Waals surface area contributed by atoms with Gasteiger partial charge in [-0.15, -0.1) is 0 Å². The second-order valence-electron chi connectivity index (χ2n) is 8.57. The summed E-state index contributed by atoms with van der Waals surface area (Å²) in [5.41, 5.74) is 2.54. The highest BCUT2D eigenvalue weighted by molar-refractivity contribution is 5.22. The number of nitro groups is 1. The fraction of sp³-hybridized carbons (Fsp3) is 0.591. The zero-order valence-corrected chi connectivity index (χ0v) is 17.3. The average molecular weight is 414 g/mol. The second kappa shape index (κ2) is 9.68. The summed E-state index contributed by atoms with van der Waals surface area (Å²) in [7, 11) is 0. The molecule has 0 spiro atoms. The average Bonchev–Trinajstić information content (AvgIpc) is 3.26. The molecule has 2 heterocycles. The molecule has 162 valence electrons. The Hall–Kier alpha value is -2.29. The Morgan fingerprint density at radius 3 is 2.47 bits per heavy atom. The highest BCUT2D eigenvalue weighted by atomic mass is 16.6. The summed E-state index contributed by atoms with van der Waals surface area (Å²) in [6, 6.07) is 10.6. The van der Waals surface area contributed by atoms with Crippen molar-refractivity contribution in [3.05, 3.63) is 57.8 Å². The van der Waals surface area contributed by atoms with Crippen molar-refractivity contribution in [1.29, 1.82) is 0 Å². The van der Waals surface area contributed by atoms with E-state index in [4.69, 9.17) is 0 Å². The van der Waals surface area contributed by atoms with Gasteiger partial charge < -0.3 is 20.5 Å². The number of hydrogen-bond donors (Lipinski definition) is 2. The first-order valence-corrected chi connectivity index (χ1v) is 11.0. The summed E-state index contributed by atoms with van der Waals surface area (Å²) in [5.74, 6) is -0.0851. The number of hydrogen-bond acceptors (Lipinski definition) is 6. The summed E-state index contributed by atoms with van der Waals surface area (Å²) in [4.78, 5) is 12.9. The van der Waals surface area contributed by atoms with Crippen molar-refractivity contribution in [2.24, 2.45) is 0 Å². The van der Waals surface area contributed by atoms with E-state index in [-0.39, 0.29) is 24.0 Å². The summed E-state index contributed by atoms with van der Waals surface area (Å²) in [5, 5.41) is 28.4. The van der Waals surface area contributed by atoms with Crippen LogP contribution >= 0.6 is 0 Å². The molecule has 2 fully saturated rings. The molecular weight excluding hydrogens is 382 g/mol. The third kappa shape index (κ3) is 5.24. The zero-order valence-electron chi connectivity index (χ0n) is 17.3. The maximum Gasteiger partial charge on any atom is 0.389 e. The maximum absolute atomic E-state index is 11.0. The molecule has 30 heavy (non-hydrogen) atoms. The zero-order chi connectivity index (χ0) is 20.9. The van der Waals surface area contributed by atoms with Gasteiger partial charge in [0.25, 0.3) is 0 Å². The lowest BCUT2D eigenvalue weighted by atomic mass is 9.90. The smallest absolute Gasteiger partial charge is 0.389 e. The van der Waals surface area contributed by atoms with Crippen LogP contribution in [0.1, 0.15) is 55.7 Å². The van der Waals surface area contributed by atoms with Gasteiger partial charge in [0.05, 0.1) is 29.5 Å². The Bertz CT molecular complexity index is 830. The van der Waals surface area contributed by atoms with Crippen LogP contribution < -0.4 is 5.32 Å². The summed E-state index contributed by atoms with van der Waals surface area (Å²) in [6.45, 7) is 3.63. The molecule has 1 saturated heterocycles. The standard InChI is InChI=1S/C22H31N5O3/c28-19-9-12-25(13-10-19)16-18-7-5-17(6-8-18)15-23-20-3-1-2-4-21(20)26-14-11-22(24-26)27(29)30/h5-8,11,14,19-21,23,28H,1-4,9-10,12-13,15-16H2/t20-,21+/m0/s1. The van der Waals surface area contributed by atoms with Crippen molar-refractivity contribution in [2.75, 3.05) is 13.1 Å². The maximum atomic E-state index is 11.0. The predicted molar refractivity (Wildman–Crippen MR) is 114 cm³/mol. The van der Waals surface area contributed by atoms with Crippen molar-refractivity contribution >= 4 is 5.82 Å². The summed E-state index contributed by atoms with van der Waals surface area (Å²) in [6.07, 6.45) is 7.66. The largest absolute Gasteiger partial charge is 0.393 e. The van der Waals surface area contributed by atoms with Gasteiger partial charge in [0.1, 0.15) is 0 Å². The van der Waals surface area contributed by atoms with Crippen molar-refractivity contribution < 1.29 is 10.0 Å². The van der Waals surface area contributed by atoms with Crippen molar-refractivity contribution in [3.63, 3.8) is 0 Å². The molecule has 2 aromatic rings. The van der Waals surface area contributed by atoms with E-state index >= 15 is 0 Å². The molecule has 1 aromatic heterocycles. The van der Waals surface area contributed by atoms with E-state index in [1.807, 2.05) is 0 Å². The SMILES string of the molecule is O=[N+]([O-])c1ccn([C@@H]2CCCC[C@@H]2NCc2ccc(CN3CCC(O)CC3)cc2)n1. The molecule has 2 N–H and O–H groups in total. The second-order valence-corrected chi connectivity index (χ2v) is 8.57. The number of aliphatic hydroxyl groups is 1. The number of aliphatic hydroxyl groups excluding tert-OH is 1. The molecule has 0 unspecified atom stereocenters. The number of nitrogens with one attached hydrogen (secondary N) is 1. The molecule has 8 nitrogen and oxygen atoms in total. The number of aromatic nitrogens is 2. The Morgan fingerprint density at radius 1 is 1.07 bits per heavy atom. The van der Waals surface area contributed by atoms with Gasteiger partial charge in [-0.2, -0.15) is 4.68 Å². The van der Waals surface area contributed by atoms with Crippen LogP contribution in [-0.4, -0.2) is 49.9 Å². The van der Waals surface area contributed by atoms with Crippen molar-refractivity contribution in [2.45, 2.75) is 69.8 Å². The molecule has 2 aliphatic rings. The minimum absolute atomic E-state index is 0.0851. The Balaban J connectivity index is 1.31. The molecule has 0 radical (unpaired) electrons. The first kappa shape index (κ1) is 21.0. The van der Waals surface area contributed by atoms with Crippen LogP contribution in [0.15, 0.2) is 36.5 Å². The Kier molecular flexibility index (Phi) is 6.76. The predicted octanol–water partition coefficient (Wildman–Crippen LogP) is 3.02. The van der Waals surface area contributed by atoms with E-state index in [1.165, 1.54) is 23.6 Å². The monoisotopic (exact) mass is 413 g/mol. The molecule has 1 aliphatic carbocycles. The van der Waals surface area contributed by atoms with Crippen LogP contribution in [0.25, 0.3) is 0 Å². The number of nitrogens with zero attached hydrogens (tertiary/aromatic N) is 4. The first-order chi connectivity index (χ1) is 14.6. The molecule has 2 atom stereocenters. The van der Waals surface area contributed by atoms with E-state index < -0.39 is 4.92 Å². The lowest BCUT2D eigenvalue weighted by molar-refractivity contribution is -0.389.